The van der Waals surface area contributed by atoms with Crippen LogP contribution in [-0.4, -0.2) is 28.7 Å². The zero-order chi connectivity index (χ0) is 20.3. The number of para-hydroxylation sites is 1. The van der Waals surface area contributed by atoms with Crippen molar-refractivity contribution >= 4 is 17.3 Å². The number of rotatable bonds is 6. The minimum atomic E-state index is -0.880. The normalized spacial score (nSPS) is 14.0. The number of benzene rings is 2. The van der Waals surface area contributed by atoms with Gasteiger partial charge in [0.15, 0.2) is 5.78 Å². The largest absolute Gasteiger partial charge is 0.511 e. The third kappa shape index (κ3) is 3.71. The van der Waals surface area contributed by atoms with Crippen LogP contribution >= 0.6 is 0 Å². The second kappa shape index (κ2) is 7.91. The summed E-state index contributed by atoms with van der Waals surface area (Å²) >= 11 is 0. The molecule has 1 N–H and O–H groups in total. The number of nitro groups is 1. The number of Topliss-reactive ketones (excluding diaryl/α,β-unsaturated/α-hetero) is 2. The first-order valence-corrected chi connectivity index (χ1v) is 8.51. The molecule has 0 bridgehead atoms. The Morgan fingerprint density at radius 1 is 1.11 bits per heavy atom. The molecule has 1 aliphatic carbocycles. The molecular formula is C20H17NO7. The second-order valence-electron chi connectivity index (χ2n) is 6.11. The molecule has 0 unspecified atom stereocenters. The van der Waals surface area contributed by atoms with E-state index >= 15 is 0 Å². The van der Waals surface area contributed by atoms with Gasteiger partial charge in [-0.3, -0.25) is 19.7 Å². The monoisotopic (exact) mass is 383 g/mol. The van der Waals surface area contributed by atoms with Crippen LogP contribution in [0, 0.1) is 10.1 Å². The first-order valence-electron chi connectivity index (χ1n) is 8.51. The van der Waals surface area contributed by atoms with Crippen LogP contribution in [0.1, 0.15) is 29.6 Å². The Labute approximate surface area is 160 Å². The number of methoxy groups -OCH3 is 1. The number of aliphatic hydroxyl groups is 1. The predicted molar refractivity (Wildman–Crippen MR) is 99.0 cm³/mol. The summed E-state index contributed by atoms with van der Waals surface area (Å²) in [5.74, 6) is -0.992. The smallest absolute Gasteiger partial charge is 0.322 e. The molecule has 8 nitrogen and oxygen atoms in total. The molecule has 0 aliphatic heterocycles. The Morgan fingerprint density at radius 2 is 1.79 bits per heavy atom. The number of hydrogen-bond acceptors (Lipinski definition) is 7. The molecule has 1 aliphatic rings. The van der Waals surface area contributed by atoms with Crippen molar-refractivity contribution in [2.75, 3.05) is 7.11 Å². The van der Waals surface area contributed by atoms with Gasteiger partial charge in [0, 0.05) is 12.8 Å². The van der Waals surface area contributed by atoms with Crippen molar-refractivity contribution in [3.63, 3.8) is 0 Å². The maximum atomic E-state index is 12.8. The topological polar surface area (TPSA) is 116 Å². The molecule has 0 aromatic heterocycles. The summed E-state index contributed by atoms with van der Waals surface area (Å²) in [6.45, 7) is 0. The molecule has 0 radical (unpaired) electrons. The molecular weight excluding hydrogens is 366 g/mol. The van der Waals surface area contributed by atoms with Crippen LogP contribution in [0.5, 0.6) is 17.2 Å². The highest BCUT2D eigenvalue weighted by Gasteiger charge is 2.33. The molecule has 28 heavy (non-hydrogen) atoms. The van der Waals surface area contributed by atoms with Gasteiger partial charge < -0.3 is 14.6 Å². The number of carbonyl (C=O) groups excluding carboxylic acids is 2. The number of aliphatic hydroxyl groups excluding tert-OH is 1. The predicted octanol–water partition coefficient (Wildman–Crippen LogP) is 4.14. The summed E-state index contributed by atoms with van der Waals surface area (Å²) < 4.78 is 10.6. The zero-order valence-electron chi connectivity index (χ0n) is 15.0. The minimum absolute atomic E-state index is 0.112. The molecule has 0 spiro atoms. The average molecular weight is 383 g/mol. The van der Waals surface area contributed by atoms with E-state index in [1.54, 1.807) is 24.3 Å². The zero-order valence-corrected chi connectivity index (χ0v) is 15.0. The van der Waals surface area contributed by atoms with Crippen molar-refractivity contribution in [2.45, 2.75) is 19.3 Å². The molecule has 0 fully saturated rings. The quantitative estimate of drug-likeness (QED) is 0.345. The fourth-order valence-corrected chi connectivity index (χ4v) is 2.97. The number of nitrogens with zero attached hydrogens (tertiary/aromatic N) is 1. The van der Waals surface area contributed by atoms with Gasteiger partial charge in [0.25, 0.3) is 0 Å². The molecule has 0 heterocycles. The lowest BCUT2D eigenvalue weighted by Crippen LogP contribution is -2.20. The van der Waals surface area contributed by atoms with E-state index in [4.69, 9.17) is 9.47 Å². The van der Waals surface area contributed by atoms with Gasteiger partial charge in [-0.25, -0.2) is 0 Å². The third-order valence-corrected chi connectivity index (χ3v) is 4.33. The summed E-state index contributed by atoms with van der Waals surface area (Å²) in [6.07, 6.45) is 0.730. The van der Waals surface area contributed by atoms with Crippen LogP contribution in [-0.2, 0) is 4.79 Å². The number of hydrogen-bond donors (Lipinski definition) is 1. The first-order chi connectivity index (χ1) is 13.4. The Balaban J connectivity index is 2.03. The molecule has 8 heteroatoms. The van der Waals surface area contributed by atoms with Crippen molar-refractivity contribution in [3.05, 3.63) is 69.5 Å². The second-order valence-corrected chi connectivity index (χ2v) is 6.11. The molecule has 144 valence electrons. The highest BCUT2D eigenvalue weighted by Crippen LogP contribution is 2.37. The fourth-order valence-electron chi connectivity index (χ4n) is 2.97. The van der Waals surface area contributed by atoms with E-state index in [1.165, 1.54) is 25.3 Å². The highest BCUT2D eigenvalue weighted by atomic mass is 16.6. The van der Waals surface area contributed by atoms with Gasteiger partial charge in [0.1, 0.15) is 28.4 Å². The van der Waals surface area contributed by atoms with Crippen LogP contribution in [0.3, 0.4) is 0 Å². The number of ketones is 2. The molecule has 3 rings (SSSR count). The van der Waals surface area contributed by atoms with Gasteiger partial charge in [0.05, 0.1) is 12.0 Å². The van der Waals surface area contributed by atoms with Crippen LogP contribution in [0.2, 0.25) is 0 Å². The van der Waals surface area contributed by atoms with E-state index in [-0.39, 0.29) is 29.9 Å². The number of allylic oxidation sites excluding steroid dienone is 2. The van der Waals surface area contributed by atoms with Gasteiger partial charge in [-0.05, 0) is 42.8 Å². The summed E-state index contributed by atoms with van der Waals surface area (Å²) in [5, 5.41) is 21.7. The van der Waals surface area contributed by atoms with E-state index in [0.717, 1.165) is 0 Å². The number of ether oxygens (including phenoxy) is 2. The van der Waals surface area contributed by atoms with E-state index in [1.807, 2.05) is 0 Å². The Morgan fingerprint density at radius 3 is 2.39 bits per heavy atom. The van der Waals surface area contributed by atoms with Gasteiger partial charge in [-0.1, -0.05) is 6.07 Å². The lowest BCUT2D eigenvalue weighted by molar-refractivity contribution is -0.385. The summed E-state index contributed by atoms with van der Waals surface area (Å²) in [6, 6.07) is 10.4. The van der Waals surface area contributed by atoms with Crippen molar-refractivity contribution in [2.24, 2.45) is 0 Å². The Bertz CT molecular complexity index is 977. The third-order valence-electron chi connectivity index (χ3n) is 4.33. The SMILES string of the molecule is COc1ccc(Oc2cccc(C(=O)C3=C(O)CCCC3=O)c2[N+](=O)[O-])cc1. The number of carbonyl (C=O) groups is 2. The van der Waals surface area contributed by atoms with Crippen LogP contribution in [0.15, 0.2) is 53.8 Å². The van der Waals surface area contributed by atoms with Crippen LogP contribution in [0.4, 0.5) is 5.69 Å². The molecule has 0 saturated heterocycles. The maximum absolute atomic E-state index is 12.8. The summed E-state index contributed by atoms with van der Waals surface area (Å²) in [4.78, 5) is 35.8. The van der Waals surface area contributed by atoms with E-state index in [0.29, 0.717) is 17.9 Å². The Kier molecular flexibility index (Phi) is 5.39. The Hall–Kier alpha value is -3.68. The molecule has 2 aromatic carbocycles. The first kappa shape index (κ1) is 19.1. The fraction of sp³-hybridized carbons (Fsp3) is 0.200. The molecule has 0 amide bonds. The van der Waals surface area contributed by atoms with Crippen molar-refractivity contribution in [1.29, 1.82) is 0 Å². The van der Waals surface area contributed by atoms with E-state index < -0.39 is 27.8 Å². The van der Waals surface area contributed by atoms with Crippen LogP contribution in [0.25, 0.3) is 0 Å². The summed E-state index contributed by atoms with van der Waals surface area (Å²) in [5.41, 5.74) is -1.27. The maximum Gasteiger partial charge on any atom is 0.322 e. The van der Waals surface area contributed by atoms with Gasteiger partial charge >= 0.3 is 5.69 Å². The lowest BCUT2D eigenvalue weighted by atomic mass is 9.90. The molecule has 2 aromatic rings. The standard InChI is InChI=1S/C20H17NO7/c1-27-12-8-10-13(11-9-12)28-17-7-2-4-14(19(17)21(25)26)20(24)18-15(22)5-3-6-16(18)23/h2,4,7-11,22H,3,5-6H2,1H3. The average Bonchev–Trinajstić information content (AvgIpc) is 2.68. The van der Waals surface area contributed by atoms with Gasteiger partial charge in [0.2, 0.25) is 11.5 Å². The van der Waals surface area contributed by atoms with E-state index in [2.05, 4.69) is 0 Å². The van der Waals surface area contributed by atoms with Gasteiger partial charge in [-0.2, -0.15) is 0 Å². The number of nitro benzene ring substituents is 1. The van der Waals surface area contributed by atoms with Crippen molar-refractivity contribution in [3.8, 4) is 17.2 Å². The summed E-state index contributed by atoms with van der Waals surface area (Å²) in [7, 11) is 1.51. The highest BCUT2D eigenvalue weighted by molar-refractivity contribution is 6.28. The van der Waals surface area contributed by atoms with E-state index in [9.17, 15) is 24.8 Å². The van der Waals surface area contributed by atoms with Crippen molar-refractivity contribution < 1.29 is 29.1 Å². The van der Waals surface area contributed by atoms with Crippen LogP contribution < -0.4 is 9.47 Å². The van der Waals surface area contributed by atoms with Gasteiger partial charge in [-0.15, -0.1) is 0 Å². The molecule has 0 saturated carbocycles. The van der Waals surface area contributed by atoms with Crippen molar-refractivity contribution in [1.82, 2.24) is 0 Å². The minimum Gasteiger partial charge on any atom is -0.511 e. The lowest BCUT2D eigenvalue weighted by Gasteiger charge is -2.15. The molecule has 0 atom stereocenters.